The SMILES string of the molecule is CC(C)NC(=O)NC(c1ccccc1)C(C)C. The lowest BCUT2D eigenvalue weighted by Gasteiger charge is -2.23. The average molecular weight is 234 g/mol. The predicted octanol–water partition coefficient (Wildman–Crippen LogP) is 3.09. The first-order valence-electron chi connectivity index (χ1n) is 6.12. The second-order valence-corrected chi connectivity index (χ2v) is 4.90. The summed E-state index contributed by atoms with van der Waals surface area (Å²) in [6.07, 6.45) is 0. The summed E-state index contributed by atoms with van der Waals surface area (Å²) in [5.41, 5.74) is 1.14. The minimum absolute atomic E-state index is 0.0509. The quantitative estimate of drug-likeness (QED) is 0.826. The fourth-order valence-electron chi connectivity index (χ4n) is 1.74. The minimum Gasteiger partial charge on any atom is -0.336 e. The van der Waals surface area contributed by atoms with Crippen LogP contribution in [0.4, 0.5) is 4.79 Å². The van der Waals surface area contributed by atoms with E-state index < -0.39 is 0 Å². The first kappa shape index (κ1) is 13.6. The van der Waals surface area contributed by atoms with E-state index in [-0.39, 0.29) is 18.1 Å². The number of hydrogen-bond acceptors (Lipinski definition) is 1. The molecule has 1 unspecified atom stereocenters. The predicted molar refractivity (Wildman–Crippen MR) is 70.8 cm³/mol. The maximum Gasteiger partial charge on any atom is 0.315 e. The van der Waals surface area contributed by atoms with Gasteiger partial charge in [0.25, 0.3) is 0 Å². The third-order valence-electron chi connectivity index (χ3n) is 2.53. The highest BCUT2D eigenvalue weighted by Gasteiger charge is 2.17. The fraction of sp³-hybridized carbons (Fsp3) is 0.500. The van der Waals surface area contributed by atoms with Crippen LogP contribution in [0.3, 0.4) is 0 Å². The zero-order valence-corrected chi connectivity index (χ0v) is 11.0. The van der Waals surface area contributed by atoms with Gasteiger partial charge in [-0.2, -0.15) is 0 Å². The Labute approximate surface area is 104 Å². The van der Waals surface area contributed by atoms with Gasteiger partial charge < -0.3 is 10.6 Å². The Hall–Kier alpha value is -1.51. The number of nitrogens with one attached hydrogen (secondary N) is 2. The van der Waals surface area contributed by atoms with E-state index in [0.717, 1.165) is 5.56 Å². The molecule has 0 heterocycles. The van der Waals surface area contributed by atoms with Gasteiger partial charge in [0.2, 0.25) is 0 Å². The molecule has 0 fully saturated rings. The molecule has 0 aromatic heterocycles. The lowest BCUT2D eigenvalue weighted by Crippen LogP contribution is -2.42. The van der Waals surface area contributed by atoms with E-state index in [1.807, 2.05) is 44.2 Å². The van der Waals surface area contributed by atoms with E-state index in [2.05, 4.69) is 24.5 Å². The summed E-state index contributed by atoms with van der Waals surface area (Å²) < 4.78 is 0. The molecule has 0 bridgehead atoms. The van der Waals surface area contributed by atoms with Crippen molar-refractivity contribution in [2.45, 2.75) is 39.8 Å². The molecular weight excluding hydrogens is 212 g/mol. The molecule has 1 aromatic rings. The van der Waals surface area contributed by atoms with Gasteiger partial charge in [0, 0.05) is 6.04 Å². The van der Waals surface area contributed by atoms with Crippen LogP contribution in [-0.2, 0) is 0 Å². The Morgan fingerprint density at radius 1 is 1.00 bits per heavy atom. The minimum atomic E-state index is -0.109. The zero-order valence-electron chi connectivity index (χ0n) is 11.0. The van der Waals surface area contributed by atoms with Gasteiger partial charge in [-0.05, 0) is 25.3 Å². The van der Waals surface area contributed by atoms with Crippen molar-refractivity contribution in [1.82, 2.24) is 10.6 Å². The van der Waals surface area contributed by atoms with Crippen LogP contribution in [0.25, 0.3) is 0 Å². The molecule has 3 heteroatoms. The van der Waals surface area contributed by atoms with Crippen LogP contribution in [0.2, 0.25) is 0 Å². The van der Waals surface area contributed by atoms with Gasteiger partial charge >= 0.3 is 6.03 Å². The zero-order chi connectivity index (χ0) is 12.8. The molecule has 0 saturated heterocycles. The molecule has 1 atom stereocenters. The van der Waals surface area contributed by atoms with Crippen LogP contribution < -0.4 is 10.6 Å². The molecule has 0 aliphatic carbocycles. The van der Waals surface area contributed by atoms with E-state index >= 15 is 0 Å². The third kappa shape index (κ3) is 4.47. The van der Waals surface area contributed by atoms with Crippen molar-refractivity contribution in [2.24, 2.45) is 5.92 Å². The maximum atomic E-state index is 11.7. The number of carbonyl (C=O) groups is 1. The summed E-state index contributed by atoms with van der Waals surface area (Å²) in [6.45, 7) is 8.11. The van der Waals surface area contributed by atoms with Crippen LogP contribution in [0.1, 0.15) is 39.3 Å². The Balaban J connectivity index is 2.71. The van der Waals surface area contributed by atoms with E-state index in [0.29, 0.717) is 5.92 Å². The number of rotatable bonds is 4. The van der Waals surface area contributed by atoms with Gasteiger partial charge in [0.1, 0.15) is 0 Å². The number of hydrogen-bond donors (Lipinski definition) is 2. The second-order valence-electron chi connectivity index (χ2n) is 4.90. The number of amides is 2. The molecular formula is C14H22N2O. The Morgan fingerprint density at radius 2 is 1.59 bits per heavy atom. The monoisotopic (exact) mass is 234 g/mol. The Bertz CT molecular complexity index is 346. The molecule has 2 amide bonds. The molecule has 94 valence electrons. The van der Waals surface area contributed by atoms with Gasteiger partial charge in [-0.1, -0.05) is 44.2 Å². The van der Waals surface area contributed by atoms with Gasteiger partial charge in [-0.25, -0.2) is 4.79 Å². The first-order valence-corrected chi connectivity index (χ1v) is 6.12. The van der Waals surface area contributed by atoms with Gasteiger partial charge in [0.15, 0.2) is 0 Å². The summed E-state index contributed by atoms with van der Waals surface area (Å²) >= 11 is 0. The smallest absolute Gasteiger partial charge is 0.315 e. The molecule has 17 heavy (non-hydrogen) atoms. The van der Waals surface area contributed by atoms with E-state index in [1.165, 1.54) is 0 Å². The number of carbonyl (C=O) groups excluding carboxylic acids is 1. The fourth-order valence-corrected chi connectivity index (χ4v) is 1.74. The van der Waals surface area contributed by atoms with Crippen LogP contribution in [0.15, 0.2) is 30.3 Å². The molecule has 1 rings (SSSR count). The molecule has 0 radical (unpaired) electrons. The maximum absolute atomic E-state index is 11.7. The molecule has 0 saturated carbocycles. The topological polar surface area (TPSA) is 41.1 Å². The highest BCUT2D eigenvalue weighted by Crippen LogP contribution is 2.20. The number of urea groups is 1. The average Bonchev–Trinajstić information content (AvgIpc) is 2.25. The first-order chi connectivity index (χ1) is 8.00. The largest absolute Gasteiger partial charge is 0.336 e. The molecule has 2 N–H and O–H groups in total. The van der Waals surface area contributed by atoms with E-state index in [1.54, 1.807) is 0 Å². The van der Waals surface area contributed by atoms with Crippen molar-refractivity contribution < 1.29 is 4.79 Å². The van der Waals surface area contributed by atoms with Crippen molar-refractivity contribution in [1.29, 1.82) is 0 Å². The van der Waals surface area contributed by atoms with E-state index in [4.69, 9.17) is 0 Å². The van der Waals surface area contributed by atoms with Gasteiger partial charge in [-0.3, -0.25) is 0 Å². The summed E-state index contributed by atoms with van der Waals surface area (Å²) in [4.78, 5) is 11.7. The molecule has 1 aromatic carbocycles. The third-order valence-corrected chi connectivity index (χ3v) is 2.53. The van der Waals surface area contributed by atoms with Gasteiger partial charge in [0.05, 0.1) is 6.04 Å². The summed E-state index contributed by atoms with van der Waals surface area (Å²) in [6, 6.07) is 10.1. The van der Waals surface area contributed by atoms with Gasteiger partial charge in [-0.15, -0.1) is 0 Å². The summed E-state index contributed by atoms with van der Waals surface area (Å²) in [7, 11) is 0. The van der Waals surface area contributed by atoms with Crippen LogP contribution in [-0.4, -0.2) is 12.1 Å². The number of benzene rings is 1. The highest BCUT2D eigenvalue weighted by atomic mass is 16.2. The normalized spacial score (nSPS) is 12.6. The van der Waals surface area contributed by atoms with E-state index in [9.17, 15) is 4.79 Å². The van der Waals surface area contributed by atoms with Crippen molar-refractivity contribution in [3.05, 3.63) is 35.9 Å². The summed E-state index contributed by atoms with van der Waals surface area (Å²) in [5, 5.41) is 5.86. The molecule has 0 aliphatic rings. The summed E-state index contributed by atoms with van der Waals surface area (Å²) in [5.74, 6) is 0.357. The lowest BCUT2D eigenvalue weighted by atomic mass is 9.96. The Kier molecular flexibility index (Phi) is 5.01. The van der Waals surface area contributed by atoms with Crippen molar-refractivity contribution >= 4 is 6.03 Å². The molecule has 0 aliphatic heterocycles. The van der Waals surface area contributed by atoms with Crippen molar-refractivity contribution in [3.8, 4) is 0 Å². The molecule has 3 nitrogen and oxygen atoms in total. The van der Waals surface area contributed by atoms with Crippen LogP contribution in [0.5, 0.6) is 0 Å². The lowest BCUT2D eigenvalue weighted by molar-refractivity contribution is 0.231. The van der Waals surface area contributed by atoms with Crippen LogP contribution in [0, 0.1) is 5.92 Å². The highest BCUT2D eigenvalue weighted by molar-refractivity contribution is 5.74. The Morgan fingerprint density at radius 3 is 2.06 bits per heavy atom. The van der Waals surface area contributed by atoms with Crippen LogP contribution >= 0.6 is 0 Å². The standard InChI is InChI=1S/C14H22N2O/c1-10(2)13(12-8-6-5-7-9-12)16-14(17)15-11(3)4/h5-11,13H,1-4H3,(H2,15,16,17). The van der Waals surface area contributed by atoms with Crippen molar-refractivity contribution in [3.63, 3.8) is 0 Å². The van der Waals surface area contributed by atoms with Crippen molar-refractivity contribution in [2.75, 3.05) is 0 Å². The second kappa shape index (κ2) is 6.28. The molecule has 0 spiro atoms.